The number of benzene rings is 1. The lowest BCUT2D eigenvalue weighted by Gasteiger charge is -2.07. The molecule has 1 unspecified atom stereocenters. The number of halogens is 1. The Morgan fingerprint density at radius 2 is 1.88 bits per heavy atom. The van der Waals surface area contributed by atoms with E-state index in [1.165, 1.54) is 0 Å². The summed E-state index contributed by atoms with van der Waals surface area (Å²) in [7, 11) is 1.16. The minimum absolute atomic E-state index is 0.329. The maximum absolute atomic E-state index is 11.3. The van der Waals surface area contributed by atoms with Crippen molar-refractivity contribution in [3.63, 3.8) is 0 Å². The second-order valence-electron chi connectivity index (χ2n) is 3.51. The van der Waals surface area contributed by atoms with Crippen LogP contribution in [0.3, 0.4) is 0 Å². The normalized spacial score (nSPS) is 11.9. The van der Waals surface area contributed by atoms with Crippen molar-refractivity contribution < 1.29 is 14.3 Å². The van der Waals surface area contributed by atoms with Gasteiger partial charge in [-0.2, -0.15) is 0 Å². The molecule has 3 nitrogen and oxygen atoms in total. The summed E-state index contributed by atoms with van der Waals surface area (Å²) in [4.78, 5) is 22.3. The van der Waals surface area contributed by atoms with Crippen molar-refractivity contribution in [1.82, 2.24) is 0 Å². The van der Waals surface area contributed by atoms with Crippen molar-refractivity contribution in [3.05, 3.63) is 35.4 Å². The third-order valence-corrected chi connectivity index (χ3v) is 2.56. The van der Waals surface area contributed by atoms with E-state index in [-0.39, 0.29) is 0 Å². The van der Waals surface area contributed by atoms with Crippen LogP contribution in [-0.4, -0.2) is 24.2 Å². The Balaban J connectivity index is 2.64. The van der Waals surface area contributed by atoms with Gasteiger partial charge < -0.3 is 4.74 Å². The first-order valence-electron chi connectivity index (χ1n) is 4.86. The molecule has 0 saturated heterocycles. The van der Waals surface area contributed by atoms with Crippen LogP contribution in [0.4, 0.5) is 0 Å². The highest BCUT2D eigenvalue weighted by Gasteiger charge is 2.23. The Labute approximate surface area is 99.4 Å². The lowest BCUT2D eigenvalue weighted by atomic mass is 10.1. The zero-order valence-electron chi connectivity index (χ0n) is 9.20. The van der Waals surface area contributed by atoms with E-state index in [4.69, 9.17) is 11.6 Å². The first kappa shape index (κ1) is 12.7. The Bertz CT molecular complexity index is 384. The molecule has 0 aromatic heterocycles. The first-order chi connectivity index (χ1) is 7.54. The van der Waals surface area contributed by atoms with Crippen molar-refractivity contribution in [2.45, 2.75) is 18.7 Å². The van der Waals surface area contributed by atoms with Gasteiger partial charge in [-0.05, 0) is 18.9 Å². The minimum atomic E-state index is -0.896. The van der Waals surface area contributed by atoms with Gasteiger partial charge in [-0.25, -0.2) is 4.79 Å². The second-order valence-corrected chi connectivity index (χ2v) is 4.04. The van der Waals surface area contributed by atoms with E-state index < -0.39 is 17.1 Å². The van der Waals surface area contributed by atoms with Crippen LogP contribution in [0.15, 0.2) is 24.3 Å². The fraction of sp³-hybridized carbons (Fsp3) is 0.333. The molecule has 0 bridgehead atoms. The highest BCUT2D eigenvalue weighted by molar-refractivity contribution is 6.47. The second kappa shape index (κ2) is 5.66. The van der Waals surface area contributed by atoms with Crippen LogP contribution in [0.2, 0.25) is 0 Å². The monoisotopic (exact) mass is 240 g/mol. The number of ketones is 1. The van der Waals surface area contributed by atoms with E-state index in [0.29, 0.717) is 6.42 Å². The number of carbonyl (C=O) groups is 2. The number of hydrogen-bond acceptors (Lipinski definition) is 3. The molecule has 86 valence electrons. The molecule has 0 N–H and O–H groups in total. The summed E-state index contributed by atoms with van der Waals surface area (Å²) in [5, 5.41) is -0.866. The van der Waals surface area contributed by atoms with E-state index in [2.05, 4.69) is 4.74 Å². The van der Waals surface area contributed by atoms with Gasteiger partial charge >= 0.3 is 5.97 Å². The van der Waals surface area contributed by atoms with Crippen LogP contribution in [0.1, 0.15) is 11.1 Å². The lowest BCUT2D eigenvalue weighted by molar-refractivity contribution is -0.151. The van der Waals surface area contributed by atoms with E-state index in [1.807, 2.05) is 31.2 Å². The third-order valence-electron chi connectivity index (χ3n) is 2.21. The maximum atomic E-state index is 11.3. The summed E-state index contributed by atoms with van der Waals surface area (Å²) in [5.41, 5.74) is 2.05. The van der Waals surface area contributed by atoms with E-state index in [9.17, 15) is 9.59 Å². The number of esters is 1. The fourth-order valence-corrected chi connectivity index (χ4v) is 1.52. The number of methoxy groups -OCH3 is 1. The molecule has 0 aliphatic heterocycles. The molecule has 1 atom stereocenters. The van der Waals surface area contributed by atoms with Gasteiger partial charge in [0.15, 0.2) is 0 Å². The molecular weight excluding hydrogens is 228 g/mol. The molecule has 1 rings (SSSR count). The molecule has 1 aromatic carbocycles. The fourth-order valence-electron chi connectivity index (χ4n) is 1.25. The standard InChI is InChI=1S/C12H13ClO3/c1-8-3-5-9(6-4-8)7-10(13)11(14)12(15)16-2/h3-6,10H,7H2,1-2H3. The molecule has 0 amide bonds. The third kappa shape index (κ3) is 3.35. The zero-order valence-corrected chi connectivity index (χ0v) is 9.95. The van der Waals surface area contributed by atoms with E-state index >= 15 is 0 Å². The van der Waals surface area contributed by atoms with Crippen molar-refractivity contribution >= 4 is 23.4 Å². The predicted molar refractivity (Wildman–Crippen MR) is 61.5 cm³/mol. The largest absolute Gasteiger partial charge is 0.463 e. The van der Waals surface area contributed by atoms with Gasteiger partial charge in [0.05, 0.1) is 7.11 Å². The zero-order chi connectivity index (χ0) is 12.1. The average molecular weight is 241 g/mol. The number of carbonyl (C=O) groups excluding carboxylic acids is 2. The molecule has 16 heavy (non-hydrogen) atoms. The van der Waals surface area contributed by atoms with Crippen LogP contribution in [0.5, 0.6) is 0 Å². The minimum Gasteiger partial charge on any atom is -0.463 e. The Morgan fingerprint density at radius 1 is 1.31 bits per heavy atom. The lowest BCUT2D eigenvalue weighted by Crippen LogP contribution is -2.27. The predicted octanol–water partition coefficient (Wildman–Crippen LogP) is 1.89. The number of ether oxygens (including phenoxy) is 1. The Kier molecular flexibility index (Phi) is 4.50. The van der Waals surface area contributed by atoms with E-state index in [0.717, 1.165) is 18.2 Å². The molecule has 0 aliphatic carbocycles. The van der Waals surface area contributed by atoms with Crippen LogP contribution in [0, 0.1) is 6.92 Å². The molecular formula is C12H13ClO3. The van der Waals surface area contributed by atoms with Crippen LogP contribution in [-0.2, 0) is 20.7 Å². The number of rotatable bonds is 4. The number of alkyl halides is 1. The molecule has 0 spiro atoms. The van der Waals surface area contributed by atoms with Gasteiger partial charge in [-0.3, -0.25) is 4.79 Å². The van der Waals surface area contributed by atoms with Gasteiger partial charge in [0.1, 0.15) is 5.38 Å². The number of hydrogen-bond donors (Lipinski definition) is 0. The molecule has 0 aliphatic rings. The smallest absolute Gasteiger partial charge is 0.375 e. The molecule has 0 saturated carbocycles. The topological polar surface area (TPSA) is 43.4 Å². The molecule has 0 fully saturated rings. The van der Waals surface area contributed by atoms with E-state index in [1.54, 1.807) is 0 Å². The van der Waals surface area contributed by atoms with Gasteiger partial charge in [-0.15, -0.1) is 11.6 Å². The summed E-state index contributed by atoms with van der Waals surface area (Å²) < 4.78 is 4.32. The van der Waals surface area contributed by atoms with Gasteiger partial charge in [0.25, 0.3) is 5.78 Å². The molecule has 4 heteroatoms. The van der Waals surface area contributed by atoms with Gasteiger partial charge in [-0.1, -0.05) is 29.8 Å². The Hall–Kier alpha value is -1.35. The molecule has 0 heterocycles. The average Bonchev–Trinajstić information content (AvgIpc) is 2.30. The van der Waals surface area contributed by atoms with Gasteiger partial charge in [0.2, 0.25) is 0 Å². The van der Waals surface area contributed by atoms with Crippen molar-refractivity contribution in [3.8, 4) is 0 Å². The van der Waals surface area contributed by atoms with Crippen LogP contribution < -0.4 is 0 Å². The SMILES string of the molecule is COC(=O)C(=O)C(Cl)Cc1ccc(C)cc1. The first-order valence-corrected chi connectivity index (χ1v) is 5.30. The number of aryl methyl sites for hydroxylation is 1. The van der Waals surface area contributed by atoms with Crippen molar-refractivity contribution in [1.29, 1.82) is 0 Å². The molecule has 1 aromatic rings. The summed E-state index contributed by atoms with van der Waals surface area (Å²) in [6.45, 7) is 1.97. The van der Waals surface area contributed by atoms with Crippen LogP contribution >= 0.6 is 11.6 Å². The quantitative estimate of drug-likeness (QED) is 0.459. The summed E-state index contributed by atoms with van der Waals surface area (Å²) >= 11 is 5.83. The highest BCUT2D eigenvalue weighted by atomic mass is 35.5. The maximum Gasteiger partial charge on any atom is 0.375 e. The number of Topliss-reactive ketones (excluding diaryl/α,β-unsaturated/α-hetero) is 1. The van der Waals surface area contributed by atoms with Gasteiger partial charge in [0, 0.05) is 0 Å². The summed E-state index contributed by atoms with van der Waals surface area (Å²) in [5.74, 6) is -1.60. The van der Waals surface area contributed by atoms with Crippen molar-refractivity contribution in [2.75, 3.05) is 7.11 Å². The molecule has 0 radical (unpaired) electrons. The highest BCUT2D eigenvalue weighted by Crippen LogP contribution is 2.11. The van der Waals surface area contributed by atoms with Crippen molar-refractivity contribution in [2.24, 2.45) is 0 Å². The Morgan fingerprint density at radius 3 is 2.38 bits per heavy atom. The van der Waals surface area contributed by atoms with Crippen LogP contribution in [0.25, 0.3) is 0 Å². The summed E-state index contributed by atoms with van der Waals surface area (Å²) in [6.07, 6.45) is 0.329. The summed E-state index contributed by atoms with van der Waals surface area (Å²) in [6, 6.07) is 7.63.